The van der Waals surface area contributed by atoms with E-state index >= 15 is 0 Å². The minimum atomic E-state index is -3.75. The molecule has 0 aliphatic carbocycles. The molecule has 0 aromatic heterocycles. The SMILES string of the molecule is [O]=[W]([Br])([Br])([Br])[Br]. The summed E-state index contributed by atoms with van der Waals surface area (Å²) in [5.41, 5.74) is 0. The number of hydrogen-bond donors (Lipinski definition) is 0. The molecule has 0 unspecified atom stereocenters. The minimum absolute atomic E-state index is 2.88. The van der Waals surface area contributed by atoms with Gasteiger partial charge < -0.3 is 0 Å². The third-order valence-corrected chi connectivity index (χ3v) is 0. The maximum atomic E-state index is 10.6. The van der Waals surface area contributed by atoms with Gasteiger partial charge in [-0.2, -0.15) is 0 Å². The van der Waals surface area contributed by atoms with Gasteiger partial charge in [-0.15, -0.1) is 0 Å². The van der Waals surface area contributed by atoms with Gasteiger partial charge in [0, 0.05) is 0 Å². The van der Waals surface area contributed by atoms with E-state index in [2.05, 4.69) is 53.2 Å². The van der Waals surface area contributed by atoms with E-state index in [1.165, 1.54) is 0 Å². The van der Waals surface area contributed by atoms with E-state index in [4.69, 9.17) is 0 Å². The van der Waals surface area contributed by atoms with Gasteiger partial charge in [0.05, 0.1) is 0 Å². The summed E-state index contributed by atoms with van der Waals surface area (Å²) >= 11 is 11.5. The van der Waals surface area contributed by atoms with Crippen molar-refractivity contribution in [1.29, 1.82) is 0 Å². The van der Waals surface area contributed by atoms with E-state index in [9.17, 15) is 3.40 Å². The van der Waals surface area contributed by atoms with E-state index in [1.807, 2.05) is 0 Å². The summed E-state index contributed by atoms with van der Waals surface area (Å²) < 4.78 is 10.6. The van der Waals surface area contributed by atoms with Gasteiger partial charge in [0.25, 0.3) is 0 Å². The van der Waals surface area contributed by atoms with Crippen LogP contribution in [0.15, 0.2) is 0 Å². The maximum absolute atomic E-state index is 10.6. The molecule has 0 atom stereocenters. The van der Waals surface area contributed by atoms with Gasteiger partial charge in [-0.1, -0.05) is 0 Å². The average Bonchev–Trinajstić information content (AvgIpc) is 0.650. The summed E-state index contributed by atoms with van der Waals surface area (Å²) in [6.45, 7) is -3.75. The molecule has 1 nitrogen and oxygen atoms in total. The zero-order valence-corrected chi connectivity index (χ0v) is 11.6. The third-order valence-electron chi connectivity index (χ3n) is 0. The van der Waals surface area contributed by atoms with E-state index in [0.717, 1.165) is 0 Å². The Labute approximate surface area is 62.0 Å². The molecule has 6 heteroatoms. The van der Waals surface area contributed by atoms with Crippen LogP contribution in [0, 0.1) is 0 Å². The van der Waals surface area contributed by atoms with Crippen molar-refractivity contribution < 1.29 is 9.94 Å². The fourth-order valence-electron chi connectivity index (χ4n) is 0. The summed E-state index contributed by atoms with van der Waals surface area (Å²) in [6.07, 6.45) is 0. The molecule has 0 saturated carbocycles. The van der Waals surface area contributed by atoms with Gasteiger partial charge in [0.2, 0.25) is 0 Å². The standard InChI is InChI=1S/4BrH.O.W/h4*1H;;/q;;;;;+4/p-4. The summed E-state index contributed by atoms with van der Waals surface area (Å²) in [5.74, 6) is 0. The molecule has 0 rings (SSSR count). The van der Waals surface area contributed by atoms with Crippen molar-refractivity contribution in [3.63, 3.8) is 0 Å². The van der Waals surface area contributed by atoms with Crippen LogP contribution in [0.25, 0.3) is 0 Å². The molecule has 0 aromatic rings. The molecular formula is Br4OW. The van der Waals surface area contributed by atoms with E-state index in [0.29, 0.717) is 0 Å². The Morgan fingerprint density at radius 3 is 1.00 bits per heavy atom. The molecule has 0 spiro atoms. The molecule has 0 bridgehead atoms. The monoisotopic (exact) mass is 516 g/mol. The topological polar surface area (TPSA) is 17.1 Å². The first-order valence-electron chi connectivity index (χ1n) is 0.784. The van der Waals surface area contributed by atoms with Gasteiger partial charge in [0.15, 0.2) is 0 Å². The molecule has 0 saturated heterocycles. The predicted octanol–water partition coefficient (Wildman–Crippen LogP) is 3.26. The quantitative estimate of drug-likeness (QED) is 0.481. The Morgan fingerprint density at radius 2 is 1.00 bits per heavy atom. The van der Waals surface area contributed by atoms with Crippen LogP contribution in [-0.2, 0) is 9.94 Å². The number of rotatable bonds is 0. The summed E-state index contributed by atoms with van der Waals surface area (Å²) in [4.78, 5) is 0. The Hall–Kier alpha value is 2.41. The second-order valence-electron chi connectivity index (χ2n) is 0.602. The van der Waals surface area contributed by atoms with Crippen molar-refractivity contribution in [2.24, 2.45) is 0 Å². The van der Waals surface area contributed by atoms with Crippen molar-refractivity contribution in [3.05, 3.63) is 0 Å². The van der Waals surface area contributed by atoms with E-state index in [-0.39, 0.29) is 0 Å². The third kappa shape index (κ3) is 32.3. The summed E-state index contributed by atoms with van der Waals surface area (Å²) in [5, 5.41) is 0. The van der Waals surface area contributed by atoms with Crippen LogP contribution >= 0.6 is 53.2 Å². The van der Waals surface area contributed by atoms with Crippen molar-refractivity contribution in [1.82, 2.24) is 0 Å². The Morgan fingerprint density at radius 1 is 1.00 bits per heavy atom. The van der Waals surface area contributed by atoms with Gasteiger partial charge in [-0.05, 0) is 0 Å². The Balaban J connectivity index is 4.16. The van der Waals surface area contributed by atoms with Gasteiger partial charge >= 0.3 is 63.1 Å². The molecular weight excluding hydrogens is 519 g/mol. The van der Waals surface area contributed by atoms with Gasteiger partial charge in [-0.25, -0.2) is 0 Å². The predicted molar refractivity (Wildman–Crippen MR) is 36.4 cm³/mol. The molecule has 0 aliphatic rings. The van der Waals surface area contributed by atoms with E-state index < -0.39 is 6.55 Å². The van der Waals surface area contributed by atoms with Gasteiger partial charge in [-0.3, -0.25) is 0 Å². The molecule has 40 valence electrons. The first kappa shape index (κ1) is 8.41. The average molecular weight is 519 g/mol. The molecule has 0 aliphatic heterocycles. The van der Waals surface area contributed by atoms with Crippen LogP contribution in [0.1, 0.15) is 0 Å². The second kappa shape index (κ2) is 1.98. The number of halogens is 4. The first-order valence-corrected chi connectivity index (χ1v) is 27.6. The molecule has 0 amide bonds. The molecule has 0 N–H and O–H groups in total. The molecule has 0 radical (unpaired) electrons. The van der Waals surface area contributed by atoms with Crippen LogP contribution in [0.3, 0.4) is 0 Å². The molecule has 0 heterocycles. The van der Waals surface area contributed by atoms with Crippen molar-refractivity contribution >= 4 is 53.2 Å². The fraction of sp³-hybridized carbons (Fsp3) is 0. The Bertz CT molecular complexity index is 85.2. The van der Waals surface area contributed by atoms with E-state index in [1.54, 1.807) is 0 Å². The van der Waals surface area contributed by atoms with Crippen LogP contribution in [0.4, 0.5) is 0 Å². The van der Waals surface area contributed by atoms with Crippen LogP contribution in [0.5, 0.6) is 0 Å². The van der Waals surface area contributed by atoms with Crippen molar-refractivity contribution in [3.8, 4) is 0 Å². The summed E-state index contributed by atoms with van der Waals surface area (Å²) in [7, 11) is 0. The van der Waals surface area contributed by atoms with Crippen LogP contribution in [0.2, 0.25) is 0 Å². The summed E-state index contributed by atoms with van der Waals surface area (Å²) in [6, 6.07) is 0. The zero-order chi connectivity index (χ0) is 5.45. The van der Waals surface area contributed by atoms with Crippen molar-refractivity contribution in [2.75, 3.05) is 0 Å². The second-order valence-corrected chi connectivity index (χ2v) is 88.1. The first-order chi connectivity index (χ1) is 2.24. The van der Waals surface area contributed by atoms with Crippen LogP contribution < -0.4 is 0 Å². The number of hydrogen-bond acceptors (Lipinski definition) is 1. The van der Waals surface area contributed by atoms with Crippen LogP contribution in [-0.4, -0.2) is 0 Å². The molecule has 6 heavy (non-hydrogen) atoms. The fourth-order valence-corrected chi connectivity index (χ4v) is 0. The van der Waals surface area contributed by atoms with Gasteiger partial charge in [0.1, 0.15) is 0 Å². The normalized spacial score (nSPS) is 19.0. The Kier molecular flexibility index (Phi) is 2.77. The zero-order valence-electron chi connectivity index (χ0n) is 2.33. The van der Waals surface area contributed by atoms with Crippen molar-refractivity contribution in [2.45, 2.75) is 0 Å². The molecule has 0 aromatic carbocycles. The molecule has 0 fully saturated rings.